The number of aromatic hydroxyl groups is 2. The minimum atomic E-state index is -0.374. The molecule has 3 aromatic rings. The van der Waals surface area contributed by atoms with E-state index in [9.17, 15) is 19.8 Å². The SMILES string of the molecule is CCNC(=O)c1nnc(-c2cc(C(C)C)c(O)cc2O)n1-c1ccc(CN2CCC(C(=O)N3CCN(C)C(C)C3)CC2)cc1. The van der Waals surface area contributed by atoms with Crippen molar-refractivity contribution in [1.82, 2.24) is 34.8 Å². The van der Waals surface area contributed by atoms with E-state index in [4.69, 9.17) is 0 Å². The molecule has 0 bridgehead atoms. The second-order valence-electron chi connectivity index (χ2n) is 12.5. The summed E-state index contributed by atoms with van der Waals surface area (Å²) in [4.78, 5) is 32.9. The van der Waals surface area contributed by atoms with Crippen LogP contribution in [-0.2, 0) is 11.3 Å². The Labute approximate surface area is 259 Å². The molecule has 3 heterocycles. The maximum atomic E-state index is 13.2. The van der Waals surface area contributed by atoms with Crippen LogP contribution >= 0.6 is 0 Å². The highest BCUT2D eigenvalue weighted by molar-refractivity contribution is 5.92. The summed E-state index contributed by atoms with van der Waals surface area (Å²) < 4.78 is 1.64. The molecule has 1 aromatic heterocycles. The topological polar surface area (TPSA) is 127 Å². The summed E-state index contributed by atoms with van der Waals surface area (Å²) in [5, 5.41) is 32.4. The zero-order valence-electron chi connectivity index (χ0n) is 26.5. The minimum absolute atomic E-state index is 0.00273. The van der Waals surface area contributed by atoms with Gasteiger partial charge in [-0.15, -0.1) is 10.2 Å². The zero-order valence-corrected chi connectivity index (χ0v) is 26.5. The van der Waals surface area contributed by atoms with Crippen LogP contribution < -0.4 is 5.32 Å². The fourth-order valence-corrected chi connectivity index (χ4v) is 6.18. The van der Waals surface area contributed by atoms with Crippen LogP contribution in [0.1, 0.15) is 68.2 Å². The molecule has 44 heavy (non-hydrogen) atoms. The van der Waals surface area contributed by atoms with E-state index in [0.717, 1.165) is 57.7 Å². The monoisotopic (exact) mass is 603 g/mol. The number of piperazine rings is 1. The van der Waals surface area contributed by atoms with E-state index in [-0.39, 0.29) is 35.1 Å². The molecular weight excluding hydrogens is 558 g/mol. The van der Waals surface area contributed by atoms with E-state index in [2.05, 4.69) is 44.2 Å². The summed E-state index contributed by atoms with van der Waals surface area (Å²) in [6.45, 7) is 13.4. The van der Waals surface area contributed by atoms with Gasteiger partial charge in [0.25, 0.3) is 5.91 Å². The predicted molar refractivity (Wildman–Crippen MR) is 169 cm³/mol. The predicted octanol–water partition coefficient (Wildman–Crippen LogP) is 3.59. The van der Waals surface area contributed by atoms with Crippen molar-refractivity contribution < 1.29 is 19.8 Å². The smallest absolute Gasteiger partial charge is 0.289 e. The summed E-state index contributed by atoms with van der Waals surface area (Å²) in [7, 11) is 2.12. The van der Waals surface area contributed by atoms with Gasteiger partial charge < -0.3 is 25.3 Å². The number of amides is 2. The van der Waals surface area contributed by atoms with Crippen LogP contribution in [0, 0.1) is 5.92 Å². The highest BCUT2D eigenvalue weighted by Crippen LogP contribution is 2.38. The Morgan fingerprint density at radius 3 is 2.34 bits per heavy atom. The molecule has 0 aliphatic carbocycles. The number of hydrogen-bond acceptors (Lipinski definition) is 8. The molecule has 3 N–H and O–H groups in total. The number of rotatable bonds is 8. The van der Waals surface area contributed by atoms with E-state index >= 15 is 0 Å². The first-order valence-corrected chi connectivity index (χ1v) is 15.7. The average molecular weight is 604 g/mol. The Hall–Kier alpha value is -3.96. The first-order chi connectivity index (χ1) is 21.1. The van der Waals surface area contributed by atoms with E-state index < -0.39 is 0 Å². The lowest BCUT2D eigenvalue weighted by Gasteiger charge is -2.40. The molecule has 2 fully saturated rings. The quantitative estimate of drug-likeness (QED) is 0.357. The average Bonchev–Trinajstić information content (AvgIpc) is 3.44. The normalized spacial score (nSPS) is 18.6. The fourth-order valence-electron chi connectivity index (χ4n) is 6.18. The van der Waals surface area contributed by atoms with Crippen LogP contribution in [0.15, 0.2) is 36.4 Å². The highest BCUT2D eigenvalue weighted by Gasteiger charge is 2.32. The lowest BCUT2D eigenvalue weighted by atomic mass is 9.94. The third-order valence-electron chi connectivity index (χ3n) is 9.02. The number of carbonyl (C=O) groups is 2. The Morgan fingerprint density at radius 1 is 1.00 bits per heavy atom. The third kappa shape index (κ3) is 6.58. The van der Waals surface area contributed by atoms with E-state index in [1.165, 1.54) is 6.07 Å². The van der Waals surface area contributed by atoms with Gasteiger partial charge in [-0.25, -0.2) is 0 Å². The molecule has 2 aromatic carbocycles. The second-order valence-corrected chi connectivity index (χ2v) is 12.5. The maximum absolute atomic E-state index is 13.2. The van der Waals surface area contributed by atoms with Crippen molar-refractivity contribution in [2.45, 2.75) is 59.0 Å². The number of carbonyl (C=O) groups excluding carboxylic acids is 2. The van der Waals surface area contributed by atoms with Gasteiger partial charge in [0, 0.05) is 56.4 Å². The number of likely N-dealkylation sites (N-methyl/N-ethyl adjacent to an activating group) is 1. The van der Waals surface area contributed by atoms with Crippen LogP contribution in [0.3, 0.4) is 0 Å². The van der Waals surface area contributed by atoms with Crippen LogP contribution in [0.25, 0.3) is 17.1 Å². The Morgan fingerprint density at radius 2 is 1.70 bits per heavy atom. The molecule has 11 heteroatoms. The second kappa shape index (κ2) is 13.4. The summed E-state index contributed by atoms with van der Waals surface area (Å²) in [6.07, 6.45) is 1.73. The van der Waals surface area contributed by atoms with Gasteiger partial charge in [-0.2, -0.15) is 0 Å². The van der Waals surface area contributed by atoms with E-state index in [0.29, 0.717) is 41.1 Å². The standard InChI is InChI=1S/C33H45N7O4/c1-6-34-32(43)31-36-35-30(27-17-26(21(2)3)28(41)18-29(27)42)40(31)25-9-7-23(8-10-25)20-38-13-11-24(12-14-38)33(44)39-16-15-37(5)22(4)19-39/h7-10,17-18,21-22,24,41-42H,6,11-16,19-20H2,1-5H3,(H,34,43). The van der Waals surface area contributed by atoms with Crippen molar-refractivity contribution in [3.63, 3.8) is 0 Å². The van der Waals surface area contributed by atoms with Crippen molar-refractivity contribution in [1.29, 1.82) is 0 Å². The number of piperidine rings is 1. The number of hydrogen-bond donors (Lipinski definition) is 3. The van der Waals surface area contributed by atoms with E-state index in [1.807, 2.05) is 45.0 Å². The number of phenolic OH excluding ortho intramolecular Hbond substituents is 2. The molecule has 5 rings (SSSR count). The number of nitrogens with zero attached hydrogens (tertiary/aromatic N) is 6. The van der Waals surface area contributed by atoms with Gasteiger partial charge in [0.2, 0.25) is 11.7 Å². The van der Waals surface area contributed by atoms with Gasteiger partial charge in [0.05, 0.1) is 5.56 Å². The van der Waals surface area contributed by atoms with Crippen molar-refractivity contribution in [3.8, 4) is 28.6 Å². The van der Waals surface area contributed by atoms with Crippen molar-refractivity contribution >= 4 is 11.8 Å². The zero-order chi connectivity index (χ0) is 31.5. The summed E-state index contributed by atoms with van der Waals surface area (Å²) in [6, 6.07) is 11.3. The molecule has 1 atom stereocenters. The lowest BCUT2D eigenvalue weighted by molar-refractivity contribution is -0.139. The summed E-state index contributed by atoms with van der Waals surface area (Å²) in [5.41, 5.74) is 2.84. The van der Waals surface area contributed by atoms with Crippen LogP contribution in [-0.4, -0.2) is 104 Å². The molecule has 236 valence electrons. The fraction of sp³-hybridized carbons (Fsp3) is 0.515. The Bertz CT molecular complexity index is 1480. The highest BCUT2D eigenvalue weighted by atomic mass is 16.3. The molecule has 0 spiro atoms. The number of phenols is 2. The van der Waals surface area contributed by atoms with Gasteiger partial charge in [-0.3, -0.25) is 19.1 Å². The number of nitrogens with one attached hydrogen (secondary N) is 1. The number of likely N-dealkylation sites (tertiary alicyclic amines) is 1. The molecule has 11 nitrogen and oxygen atoms in total. The van der Waals surface area contributed by atoms with Gasteiger partial charge in [0.1, 0.15) is 11.5 Å². The minimum Gasteiger partial charge on any atom is -0.508 e. The Balaban J connectivity index is 1.32. The van der Waals surface area contributed by atoms with Gasteiger partial charge >= 0.3 is 0 Å². The molecule has 2 aliphatic heterocycles. The molecule has 2 aliphatic rings. The molecular formula is C33H45N7O4. The van der Waals surface area contributed by atoms with Gasteiger partial charge in [0.15, 0.2) is 5.82 Å². The molecule has 0 saturated carbocycles. The van der Waals surface area contributed by atoms with Gasteiger partial charge in [-0.05, 0) is 82.1 Å². The molecule has 2 amide bonds. The summed E-state index contributed by atoms with van der Waals surface area (Å²) >= 11 is 0. The van der Waals surface area contributed by atoms with Crippen LogP contribution in [0.4, 0.5) is 0 Å². The molecule has 2 saturated heterocycles. The number of aromatic nitrogens is 3. The first-order valence-electron chi connectivity index (χ1n) is 15.7. The molecule has 0 radical (unpaired) electrons. The largest absolute Gasteiger partial charge is 0.508 e. The van der Waals surface area contributed by atoms with Crippen molar-refractivity contribution in [2.75, 3.05) is 46.3 Å². The van der Waals surface area contributed by atoms with Crippen molar-refractivity contribution in [2.24, 2.45) is 5.92 Å². The molecule has 1 unspecified atom stereocenters. The number of benzene rings is 2. The Kier molecular flexibility index (Phi) is 9.55. The van der Waals surface area contributed by atoms with Gasteiger partial charge in [-0.1, -0.05) is 26.0 Å². The van der Waals surface area contributed by atoms with Crippen LogP contribution in [0.2, 0.25) is 0 Å². The maximum Gasteiger partial charge on any atom is 0.289 e. The summed E-state index contributed by atoms with van der Waals surface area (Å²) in [5.74, 6) is 0.298. The van der Waals surface area contributed by atoms with E-state index in [1.54, 1.807) is 10.6 Å². The first kappa shape index (κ1) is 31.5. The van der Waals surface area contributed by atoms with Crippen LogP contribution in [0.5, 0.6) is 11.5 Å². The lowest BCUT2D eigenvalue weighted by Crippen LogP contribution is -2.54. The van der Waals surface area contributed by atoms with Crippen molar-refractivity contribution in [3.05, 3.63) is 53.3 Å². The third-order valence-corrected chi connectivity index (χ3v) is 9.02.